The van der Waals surface area contributed by atoms with Crippen LogP contribution in [0.3, 0.4) is 0 Å². The molecule has 2 aromatic rings. The summed E-state index contributed by atoms with van der Waals surface area (Å²) < 4.78 is 0. The second kappa shape index (κ2) is 5.93. The monoisotopic (exact) mass is 263 g/mol. The second-order valence-corrected chi connectivity index (χ2v) is 5.15. The maximum Gasteiger partial charge on any atom is 0.185 e. The van der Waals surface area contributed by atoms with Gasteiger partial charge >= 0.3 is 0 Å². The van der Waals surface area contributed by atoms with Crippen molar-refractivity contribution in [3.05, 3.63) is 40.7 Å². The van der Waals surface area contributed by atoms with Crippen molar-refractivity contribution < 1.29 is 5.11 Å². The molecule has 0 saturated carbocycles. The summed E-state index contributed by atoms with van der Waals surface area (Å²) in [5, 5.41) is 10.0. The van der Waals surface area contributed by atoms with E-state index < -0.39 is 0 Å². The molecule has 0 aliphatic rings. The molecule has 0 unspecified atom stereocenters. The van der Waals surface area contributed by atoms with Gasteiger partial charge in [0.05, 0.1) is 23.7 Å². The molecule has 0 aromatic carbocycles. The highest BCUT2D eigenvalue weighted by atomic mass is 32.1. The number of hydrogen-bond acceptors (Lipinski definition) is 5. The third-order valence-corrected chi connectivity index (χ3v) is 3.69. The number of rotatable bonds is 5. The predicted molar refractivity (Wildman–Crippen MR) is 73.7 cm³/mol. The number of aryl methyl sites for hydroxylation is 1. The van der Waals surface area contributed by atoms with E-state index in [1.165, 1.54) is 11.3 Å². The third-order valence-electron chi connectivity index (χ3n) is 2.65. The quantitative estimate of drug-likeness (QED) is 0.899. The smallest absolute Gasteiger partial charge is 0.185 e. The molecule has 2 rings (SSSR count). The lowest BCUT2D eigenvalue weighted by molar-refractivity contribution is 0.285. The van der Waals surface area contributed by atoms with Gasteiger partial charge in [-0.2, -0.15) is 0 Å². The lowest BCUT2D eigenvalue weighted by Crippen LogP contribution is -2.22. The Morgan fingerprint density at radius 1 is 1.39 bits per heavy atom. The first-order valence-corrected chi connectivity index (χ1v) is 6.77. The van der Waals surface area contributed by atoms with Crippen molar-refractivity contribution in [3.63, 3.8) is 0 Å². The fourth-order valence-corrected chi connectivity index (χ4v) is 2.55. The Kier molecular flexibility index (Phi) is 4.28. The molecule has 1 N–H and O–H groups in total. The van der Waals surface area contributed by atoms with E-state index in [1.54, 1.807) is 6.20 Å². The highest BCUT2D eigenvalue weighted by Crippen LogP contribution is 2.23. The van der Waals surface area contributed by atoms with E-state index in [2.05, 4.69) is 21.8 Å². The fraction of sp³-hybridized carbons (Fsp3) is 0.385. The molecule has 5 heteroatoms. The molecule has 0 saturated heterocycles. The molecule has 96 valence electrons. The lowest BCUT2D eigenvalue weighted by atomic mass is 10.3. The van der Waals surface area contributed by atoms with Gasteiger partial charge in [-0.15, -0.1) is 0 Å². The van der Waals surface area contributed by atoms with Crippen molar-refractivity contribution >= 4 is 16.5 Å². The number of hydrogen-bond donors (Lipinski definition) is 1. The Bertz CT molecular complexity index is 512. The van der Waals surface area contributed by atoms with E-state index >= 15 is 0 Å². The maximum absolute atomic E-state index is 9.07. The summed E-state index contributed by atoms with van der Waals surface area (Å²) in [6.45, 7) is 5.76. The van der Waals surface area contributed by atoms with Crippen molar-refractivity contribution in [2.75, 3.05) is 11.4 Å². The van der Waals surface area contributed by atoms with Crippen LogP contribution in [0.5, 0.6) is 0 Å². The van der Waals surface area contributed by atoms with E-state index in [1.807, 2.05) is 25.1 Å². The van der Waals surface area contributed by atoms with Crippen molar-refractivity contribution in [1.82, 2.24) is 9.97 Å². The van der Waals surface area contributed by atoms with Crippen LogP contribution in [-0.4, -0.2) is 21.6 Å². The SMILES string of the molecule is CCN(Cc1cccc(C)n1)c1ncc(CO)s1. The maximum atomic E-state index is 9.07. The van der Waals surface area contributed by atoms with E-state index in [0.717, 1.165) is 34.5 Å². The first-order chi connectivity index (χ1) is 8.72. The average Bonchev–Trinajstić information content (AvgIpc) is 2.84. The molecular weight excluding hydrogens is 246 g/mol. The number of nitrogens with zero attached hydrogens (tertiary/aromatic N) is 3. The molecule has 0 atom stereocenters. The topological polar surface area (TPSA) is 49.2 Å². The third kappa shape index (κ3) is 3.05. The number of aliphatic hydroxyl groups is 1. The highest BCUT2D eigenvalue weighted by Gasteiger charge is 2.10. The molecular formula is C13H17N3OS. The molecule has 18 heavy (non-hydrogen) atoms. The Balaban J connectivity index is 2.14. The zero-order valence-electron chi connectivity index (χ0n) is 10.6. The summed E-state index contributed by atoms with van der Waals surface area (Å²) in [6.07, 6.45) is 1.73. The van der Waals surface area contributed by atoms with Crippen LogP contribution in [0.4, 0.5) is 5.13 Å². The normalized spacial score (nSPS) is 10.6. The van der Waals surface area contributed by atoms with Crippen LogP contribution in [-0.2, 0) is 13.2 Å². The van der Waals surface area contributed by atoms with Gasteiger partial charge in [0.25, 0.3) is 0 Å². The Hall–Kier alpha value is -1.46. The van der Waals surface area contributed by atoms with Crippen LogP contribution in [0, 0.1) is 6.92 Å². The highest BCUT2D eigenvalue weighted by molar-refractivity contribution is 7.15. The molecule has 0 radical (unpaired) electrons. The van der Waals surface area contributed by atoms with E-state index in [9.17, 15) is 0 Å². The van der Waals surface area contributed by atoms with Crippen LogP contribution in [0.25, 0.3) is 0 Å². The minimum Gasteiger partial charge on any atom is -0.391 e. The van der Waals surface area contributed by atoms with Gasteiger partial charge in [0, 0.05) is 18.4 Å². The van der Waals surface area contributed by atoms with Crippen LogP contribution in [0.1, 0.15) is 23.2 Å². The van der Waals surface area contributed by atoms with Gasteiger partial charge in [0.15, 0.2) is 5.13 Å². The molecule has 0 bridgehead atoms. The summed E-state index contributed by atoms with van der Waals surface area (Å²) >= 11 is 1.53. The number of aromatic nitrogens is 2. The molecule has 0 amide bonds. The van der Waals surface area contributed by atoms with Crippen molar-refractivity contribution in [2.24, 2.45) is 0 Å². The summed E-state index contributed by atoms with van der Waals surface area (Å²) in [6, 6.07) is 6.04. The van der Waals surface area contributed by atoms with Gasteiger partial charge in [-0.05, 0) is 26.0 Å². The number of aliphatic hydroxyl groups excluding tert-OH is 1. The minimum absolute atomic E-state index is 0.0535. The van der Waals surface area contributed by atoms with Gasteiger partial charge < -0.3 is 10.0 Å². The zero-order valence-corrected chi connectivity index (χ0v) is 11.4. The van der Waals surface area contributed by atoms with Crippen LogP contribution < -0.4 is 4.90 Å². The van der Waals surface area contributed by atoms with Gasteiger partial charge in [-0.25, -0.2) is 4.98 Å². The Morgan fingerprint density at radius 2 is 2.22 bits per heavy atom. The van der Waals surface area contributed by atoms with Gasteiger partial charge in [-0.1, -0.05) is 17.4 Å². The predicted octanol–water partition coefficient (Wildman–Crippen LogP) is 2.37. The van der Waals surface area contributed by atoms with Crippen molar-refractivity contribution in [2.45, 2.75) is 27.0 Å². The minimum atomic E-state index is 0.0535. The van der Waals surface area contributed by atoms with Gasteiger partial charge in [0.1, 0.15) is 0 Å². The fourth-order valence-electron chi connectivity index (χ4n) is 1.71. The van der Waals surface area contributed by atoms with Crippen LogP contribution in [0.2, 0.25) is 0 Å². The standard InChI is InChI=1S/C13H17N3OS/c1-3-16(13-14-7-12(9-17)18-13)8-11-6-4-5-10(2)15-11/h4-7,17H,3,8-9H2,1-2H3. The van der Waals surface area contributed by atoms with Crippen molar-refractivity contribution in [1.29, 1.82) is 0 Å². The molecule has 0 aliphatic heterocycles. The summed E-state index contributed by atoms with van der Waals surface area (Å²) in [7, 11) is 0. The second-order valence-electron chi connectivity index (χ2n) is 4.05. The van der Waals surface area contributed by atoms with E-state index in [0.29, 0.717) is 0 Å². The molecule has 0 spiro atoms. The first-order valence-electron chi connectivity index (χ1n) is 5.96. The number of anilines is 1. The molecule has 4 nitrogen and oxygen atoms in total. The summed E-state index contributed by atoms with van der Waals surface area (Å²) in [5.74, 6) is 0. The van der Waals surface area contributed by atoms with Crippen molar-refractivity contribution in [3.8, 4) is 0 Å². The molecule has 2 heterocycles. The van der Waals surface area contributed by atoms with Crippen LogP contribution >= 0.6 is 11.3 Å². The molecule has 0 aliphatic carbocycles. The van der Waals surface area contributed by atoms with E-state index in [-0.39, 0.29) is 6.61 Å². The van der Waals surface area contributed by atoms with E-state index in [4.69, 9.17) is 5.11 Å². The van der Waals surface area contributed by atoms with Gasteiger partial charge in [-0.3, -0.25) is 4.98 Å². The summed E-state index contributed by atoms with van der Waals surface area (Å²) in [4.78, 5) is 11.9. The number of thiazole rings is 1. The summed E-state index contributed by atoms with van der Waals surface area (Å²) in [5.41, 5.74) is 2.07. The zero-order chi connectivity index (χ0) is 13.0. The Labute approximate surface area is 111 Å². The van der Waals surface area contributed by atoms with Gasteiger partial charge in [0.2, 0.25) is 0 Å². The van der Waals surface area contributed by atoms with Crippen LogP contribution in [0.15, 0.2) is 24.4 Å². The molecule has 2 aromatic heterocycles. The largest absolute Gasteiger partial charge is 0.391 e. The Morgan fingerprint density at radius 3 is 2.83 bits per heavy atom. The lowest BCUT2D eigenvalue weighted by Gasteiger charge is -2.19. The molecule has 0 fully saturated rings. The number of pyridine rings is 1. The first kappa shape index (κ1) is 13.0. The average molecular weight is 263 g/mol.